The number of aromatic amines is 1. The lowest BCUT2D eigenvalue weighted by atomic mass is 10.1. The molecule has 2 aromatic heterocycles. The number of hydrogen-bond acceptors (Lipinski definition) is 4. The molecule has 1 atom stereocenters. The Morgan fingerprint density at radius 1 is 1.17 bits per heavy atom. The Balaban J connectivity index is 1.46. The fourth-order valence-corrected chi connectivity index (χ4v) is 4.54. The van der Waals surface area contributed by atoms with E-state index in [1.165, 1.54) is 17.8 Å². The molecule has 2 aromatic carbocycles. The fraction of sp³-hybridized carbons (Fsp3) is 0.227. The van der Waals surface area contributed by atoms with Crippen molar-refractivity contribution in [3.8, 4) is 11.4 Å². The fourth-order valence-electron chi connectivity index (χ4n) is 3.55. The van der Waals surface area contributed by atoms with E-state index in [0.29, 0.717) is 22.1 Å². The van der Waals surface area contributed by atoms with E-state index in [9.17, 15) is 9.18 Å². The lowest BCUT2D eigenvalue weighted by Crippen LogP contribution is -2.14. The van der Waals surface area contributed by atoms with Crippen molar-refractivity contribution in [3.63, 3.8) is 0 Å². The third-order valence-corrected chi connectivity index (χ3v) is 6.25. The number of benzene rings is 2. The van der Waals surface area contributed by atoms with Gasteiger partial charge in [-0.3, -0.25) is 9.36 Å². The molecule has 0 unspecified atom stereocenters. The van der Waals surface area contributed by atoms with Gasteiger partial charge in [0.2, 0.25) is 0 Å². The first-order chi connectivity index (χ1) is 14.1. The molecule has 0 bridgehead atoms. The zero-order valence-electron chi connectivity index (χ0n) is 15.8. The third-order valence-electron chi connectivity index (χ3n) is 5.20. The maximum Gasteiger partial charge on any atom is 0.192 e. The van der Waals surface area contributed by atoms with Crippen molar-refractivity contribution in [2.45, 2.75) is 36.2 Å². The molecular formula is C22H19FN4OS. The van der Waals surface area contributed by atoms with Crippen LogP contribution in [0.25, 0.3) is 22.3 Å². The van der Waals surface area contributed by atoms with Gasteiger partial charge in [0.15, 0.2) is 16.8 Å². The van der Waals surface area contributed by atoms with Crippen molar-refractivity contribution in [1.82, 2.24) is 19.7 Å². The number of Topliss-reactive ketones (excluding diaryl/α,β-unsaturated/α-hetero) is 1. The van der Waals surface area contributed by atoms with Crippen LogP contribution in [0.5, 0.6) is 0 Å². The minimum atomic E-state index is -0.343. The second kappa shape index (κ2) is 7.15. The van der Waals surface area contributed by atoms with Crippen molar-refractivity contribution in [1.29, 1.82) is 0 Å². The maximum atomic E-state index is 14.3. The van der Waals surface area contributed by atoms with Crippen LogP contribution >= 0.6 is 11.8 Å². The van der Waals surface area contributed by atoms with E-state index in [1.54, 1.807) is 24.4 Å². The molecule has 1 aliphatic rings. The summed E-state index contributed by atoms with van der Waals surface area (Å²) in [7, 11) is 0. The molecule has 0 radical (unpaired) electrons. The molecule has 4 aromatic rings. The topological polar surface area (TPSA) is 63.6 Å². The quantitative estimate of drug-likeness (QED) is 0.350. The number of rotatable bonds is 6. The summed E-state index contributed by atoms with van der Waals surface area (Å²) in [5.74, 6) is 0.242. The normalized spacial score (nSPS) is 15.0. The van der Waals surface area contributed by atoms with Crippen LogP contribution in [0.2, 0.25) is 0 Å². The van der Waals surface area contributed by atoms with Gasteiger partial charge in [-0.1, -0.05) is 42.1 Å². The molecular weight excluding hydrogens is 387 g/mol. The number of nitrogens with one attached hydrogen (secondary N) is 1. The summed E-state index contributed by atoms with van der Waals surface area (Å²) in [6.45, 7) is 1.88. The highest BCUT2D eigenvalue weighted by atomic mass is 32.2. The van der Waals surface area contributed by atoms with E-state index in [1.807, 2.05) is 35.8 Å². The van der Waals surface area contributed by atoms with E-state index in [0.717, 1.165) is 23.7 Å². The van der Waals surface area contributed by atoms with Crippen molar-refractivity contribution >= 4 is 28.4 Å². The van der Waals surface area contributed by atoms with Gasteiger partial charge in [-0.2, -0.15) is 0 Å². The van der Waals surface area contributed by atoms with Crippen LogP contribution in [0.1, 0.15) is 36.2 Å². The second-order valence-electron chi connectivity index (χ2n) is 7.26. The van der Waals surface area contributed by atoms with Gasteiger partial charge in [0.25, 0.3) is 0 Å². The number of nitrogens with zero attached hydrogens (tertiary/aromatic N) is 3. The van der Waals surface area contributed by atoms with E-state index in [2.05, 4.69) is 15.2 Å². The molecule has 29 heavy (non-hydrogen) atoms. The van der Waals surface area contributed by atoms with Crippen molar-refractivity contribution in [2.24, 2.45) is 0 Å². The zero-order valence-corrected chi connectivity index (χ0v) is 16.6. The molecule has 1 N–H and O–H groups in total. The first kappa shape index (κ1) is 18.1. The van der Waals surface area contributed by atoms with Gasteiger partial charge in [0, 0.05) is 28.7 Å². The number of fused-ring (bicyclic) bond motifs is 1. The summed E-state index contributed by atoms with van der Waals surface area (Å²) in [6.07, 6.45) is 3.79. The first-order valence-electron chi connectivity index (χ1n) is 9.60. The molecule has 1 fully saturated rings. The van der Waals surface area contributed by atoms with E-state index in [-0.39, 0.29) is 22.9 Å². The average molecular weight is 406 g/mol. The first-order valence-corrected chi connectivity index (χ1v) is 10.5. The average Bonchev–Trinajstić information content (AvgIpc) is 3.35. The molecule has 0 amide bonds. The van der Waals surface area contributed by atoms with Gasteiger partial charge in [0.1, 0.15) is 5.82 Å². The summed E-state index contributed by atoms with van der Waals surface area (Å²) >= 11 is 1.38. The number of halogens is 1. The smallest absolute Gasteiger partial charge is 0.192 e. The number of aromatic nitrogens is 4. The molecule has 5 rings (SSSR count). The molecule has 0 aliphatic heterocycles. The predicted molar refractivity (Wildman–Crippen MR) is 112 cm³/mol. The third kappa shape index (κ3) is 3.25. The van der Waals surface area contributed by atoms with Crippen LogP contribution in [0.15, 0.2) is 59.9 Å². The Morgan fingerprint density at radius 3 is 2.72 bits per heavy atom. The zero-order chi connectivity index (χ0) is 20.0. The summed E-state index contributed by atoms with van der Waals surface area (Å²) < 4.78 is 16.3. The number of hydrogen-bond donors (Lipinski definition) is 1. The molecule has 1 aliphatic carbocycles. The molecule has 0 saturated heterocycles. The maximum absolute atomic E-state index is 14.3. The number of ketones is 1. The van der Waals surface area contributed by atoms with E-state index in [4.69, 9.17) is 0 Å². The molecule has 2 heterocycles. The van der Waals surface area contributed by atoms with Crippen LogP contribution in [0.3, 0.4) is 0 Å². The highest BCUT2D eigenvalue weighted by Crippen LogP contribution is 2.42. The monoisotopic (exact) mass is 406 g/mol. The van der Waals surface area contributed by atoms with Gasteiger partial charge < -0.3 is 4.98 Å². The number of para-hydroxylation sites is 1. The van der Waals surface area contributed by atoms with Crippen LogP contribution in [-0.4, -0.2) is 30.8 Å². The van der Waals surface area contributed by atoms with Crippen molar-refractivity contribution < 1.29 is 9.18 Å². The van der Waals surface area contributed by atoms with Crippen LogP contribution in [0.4, 0.5) is 4.39 Å². The van der Waals surface area contributed by atoms with Gasteiger partial charge in [-0.05, 0) is 38.0 Å². The van der Waals surface area contributed by atoms with Crippen molar-refractivity contribution in [3.05, 3.63) is 66.1 Å². The van der Waals surface area contributed by atoms with Crippen molar-refractivity contribution in [2.75, 3.05) is 0 Å². The minimum Gasteiger partial charge on any atom is -0.360 e. The van der Waals surface area contributed by atoms with E-state index < -0.39 is 0 Å². The largest absolute Gasteiger partial charge is 0.360 e. The van der Waals surface area contributed by atoms with Gasteiger partial charge in [-0.15, -0.1) is 10.2 Å². The number of carbonyl (C=O) groups excluding carboxylic acids is 1. The number of carbonyl (C=O) groups is 1. The number of thioether (sulfide) groups is 1. The Labute approximate surface area is 171 Å². The summed E-state index contributed by atoms with van der Waals surface area (Å²) in [4.78, 5) is 16.2. The molecule has 0 spiro atoms. The Bertz CT molecular complexity index is 1210. The number of H-pyrrole nitrogens is 1. The van der Waals surface area contributed by atoms with Crippen LogP contribution in [0, 0.1) is 5.82 Å². The standard InChI is InChI=1S/C22H19FN4OS/c1-13(20(28)17-12-24-19-9-5-3-6-15(17)19)29-22-26-25-21(27(22)14-10-11-14)16-7-2-4-8-18(16)23/h2-9,12-14,24H,10-11H2,1H3/t13-/m1/s1. The van der Waals surface area contributed by atoms with Crippen LogP contribution < -0.4 is 0 Å². The Morgan fingerprint density at radius 2 is 1.93 bits per heavy atom. The molecule has 7 heteroatoms. The van der Waals surface area contributed by atoms with Crippen LogP contribution in [-0.2, 0) is 0 Å². The van der Waals surface area contributed by atoms with Gasteiger partial charge in [-0.25, -0.2) is 4.39 Å². The highest BCUT2D eigenvalue weighted by molar-refractivity contribution is 8.00. The summed E-state index contributed by atoms with van der Waals surface area (Å²) in [5, 5.41) is 9.81. The molecule has 146 valence electrons. The van der Waals surface area contributed by atoms with E-state index >= 15 is 0 Å². The summed E-state index contributed by atoms with van der Waals surface area (Å²) in [6, 6.07) is 14.6. The second-order valence-corrected chi connectivity index (χ2v) is 8.57. The molecule has 1 saturated carbocycles. The lowest BCUT2D eigenvalue weighted by molar-refractivity contribution is 0.0995. The SMILES string of the molecule is C[C@@H](Sc1nnc(-c2ccccc2F)n1C1CC1)C(=O)c1c[nH]c2ccccc12. The Kier molecular flexibility index (Phi) is 4.47. The van der Waals surface area contributed by atoms with Gasteiger partial charge >= 0.3 is 0 Å². The summed E-state index contributed by atoms with van der Waals surface area (Å²) in [5.41, 5.74) is 2.05. The predicted octanol–water partition coefficient (Wildman–Crippen LogP) is 5.26. The Hall–Kier alpha value is -2.93. The van der Waals surface area contributed by atoms with Gasteiger partial charge in [0.05, 0.1) is 10.8 Å². The lowest BCUT2D eigenvalue weighted by Gasteiger charge is -2.12. The molecule has 5 nitrogen and oxygen atoms in total. The minimum absolute atomic E-state index is 0.0326. The highest BCUT2D eigenvalue weighted by Gasteiger charge is 2.32.